The van der Waals surface area contributed by atoms with E-state index in [1.807, 2.05) is 0 Å². The normalized spacial score (nSPS) is 10.9. The Morgan fingerprint density at radius 2 is 1.86 bits per heavy atom. The molecular weight excluding hydrogens is 356 g/mol. The quantitative estimate of drug-likeness (QED) is 0.721. The summed E-state index contributed by atoms with van der Waals surface area (Å²) < 4.78 is 27.6. The molecule has 0 unspecified atom stereocenters. The molecule has 0 spiro atoms. The Labute approximate surface area is 132 Å². The maximum atomic E-state index is 13.9. The van der Waals surface area contributed by atoms with Gasteiger partial charge in [0.25, 0.3) is 0 Å². The van der Waals surface area contributed by atoms with E-state index in [4.69, 9.17) is 0 Å². The molecule has 0 amide bonds. The molecule has 0 aliphatic carbocycles. The fraction of sp³-hybridized carbons (Fsp3) is 0. The van der Waals surface area contributed by atoms with E-state index >= 15 is 0 Å². The Bertz CT molecular complexity index is 912. The van der Waals surface area contributed by atoms with Crippen molar-refractivity contribution < 1.29 is 18.7 Å². The van der Waals surface area contributed by atoms with Gasteiger partial charge in [0.05, 0.1) is 16.8 Å². The molecular formula is C16H8BrF2NO2. The van der Waals surface area contributed by atoms with Crippen molar-refractivity contribution in [3.63, 3.8) is 0 Å². The standard InChI is InChI=1S/C16H8BrF2NO2/c17-8-1-4-14-11(5-8)12(16(21)22)7-15(20-14)10-3-2-9(18)6-13(10)19/h1-7H,(H,21,22). The number of carbonyl (C=O) groups is 1. The molecule has 22 heavy (non-hydrogen) atoms. The SMILES string of the molecule is O=C(O)c1cc(-c2ccc(F)cc2F)nc2ccc(Br)cc12. The van der Waals surface area contributed by atoms with Gasteiger partial charge in [-0.1, -0.05) is 15.9 Å². The number of pyridine rings is 1. The molecule has 110 valence electrons. The molecule has 3 nitrogen and oxygen atoms in total. The molecule has 2 aromatic carbocycles. The minimum atomic E-state index is -1.14. The Morgan fingerprint density at radius 1 is 1.09 bits per heavy atom. The predicted octanol–water partition coefficient (Wildman–Crippen LogP) is 4.64. The Kier molecular flexibility index (Phi) is 3.62. The summed E-state index contributed by atoms with van der Waals surface area (Å²) in [6.07, 6.45) is 0. The molecule has 3 rings (SSSR count). The number of nitrogens with zero attached hydrogens (tertiary/aromatic N) is 1. The first kappa shape index (κ1) is 14.6. The van der Waals surface area contributed by atoms with Crippen LogP contribution in [0.1, 0.15) is 10.4 Å². The monoisotopic (exact) mass is 363 g/mol. The van der Waals surface area contributed by atoms with E-state index in [1.165, 1.54) is 12.1 Å². The van der Waals surface area contributed by atoms with E-state index in [0.717, 1.165) is 12.1 Å². The third-order valence-corrected chi connectivity index (χ3v) is 3.70. The minimum Gasteiger partial charge on any atom is -0.478 e. The molecule has 6 heteroatoms. The highest BCUT2D eigenvalue weighted by molar-refractivity contribution is 9.10. The van der Waals surface area contributed by atoms with Crippen LogP contribution in [0, 0.1) is 11.6 Å². The van der Waals surface area contributed by atoms with Crippen LogP contribution in [0.2, 0.25) is 0 Å². The van der Waals surface area contributed by atoms with Gasteiger partial charge in [-0.2, -0.15) is 0 Å². The van der Waals surface area contributed by atoms with Gasteiger partial charge in [0, 0.05) is 21.5 Å². The smallest absolute Gasteiger partial charge is 0.336 e. The maximum Gasteiger partial charge on any atom is 0.336 e. The van der Waals surface area contributed by atoms with Crippen LogP contribution in [-0.2, 0) is 0 Å². The van der Waals surface area contributed by atoms with Crippen molar-refractivity contribution in [2.75, 3.05) is 0 Å². The largest absolute Gasteiger partial charge is 0.478 e. The van der Waals surface area contributed by atoms with Gasteiger partial charge < -0.3 is 5.11 Å². The van der Waals surface area contributed by atoms with Crippen LogP contribution < -0.4 is 0 Å². The van der Waals surface area contributed by atoms with Crippen LogP contribution in [0.15, 0.2) is 46.9 Å². The Hall–Kier alpha value is -2.34. The molecule has 0 bridgehead atoms. The van der Waals surface area contributed by atoms with E-state index in [-0.39, 0.29) is 16.8 Å². The lowest BCUT2D eigenvalue weighted by atomic mass is 10.0. The number of rotatable bonds is 2. The third kappa shape index (κ3) is 2.57. The van der Waals surface area contributed by atoms with Gasteiger partial charge in [-0.3, -0.25) is 0 Å². The van der Waals surface area contributed by atoms with Crippen molar-refractivity contribution in [3.8, 4) is 11.3 Å². The summed E-state index contributed by atoms with van der Waals surface area (Å²) in [4.78, 5) is 15.7. The molecule has 1 aromatic heterocycles. The van der Waals surface area contributed by atoms with Crippen LogP contribution in [0.4, 0.5) is 8.78 Å². The van der Waals surface area contributed by atoms with E-state index in [2.05, 4.69) is 20.9 Å². The van der Waals surface area contributed by atoms with Crippen molar-refractivity contribution >= 4 is 32.8 Å². The summed E-state index contributed by atoms with van der Waals surface area (Å²) in [6.45, 7) is 0. The molecule has 0 atom stereocenters. The minimum absolute atomic E-state index is 0.00465. The van der Waals surface area contributed by atoms with E-state index in [9.17, 15) is 18.7 Å². The summed E-state index contributed by atoms with van der Waals surface area (Å²) in [7, 11) is 0. The Balaban J connectivity index is 2.32. The summed E-state index contributed by atoms with van der Waals surface area (Å²) in [6, 6.07) is 9.35. The van der Waals surface area contributed by atoms with Crippen molar-refractivity contribution in [1.29, 1.82) is 0 Å². The molecule has 0 fully saturated rings. The second-order valence-electron chi connectivity index (χ2n) is 4.65. The topological polar surface area (TPSA) is 50.2 Å². The van der Waals surface area contributed by atoms with Crippen molar-refractivity contribution in [3.05, 3.63) is 64.1 Å². The lowest BCUT2D eigenvalue weighted by Gasteiger charge is -2.08. The summed E-state index contributed by atoms with van der Waals surface area (Å²) in [5.74, 6) is -2.64. The molecule has 0 aliphatic heterocycles. The molecule has 0 aliphatic rings. The van der Waals surface area contributed by atoms with E-state index in [0.29, 0.717) is 15.4 Å². The van der Waals surface area contributed by atoms with E-state index < -0.39 is 17.6 Å². The lowest BCUT2D eigenvalue weighted by Crippen LogP contribution is -2.01. The number of carboxylic acids is 1. The molecule has 1 N–H and O–H groups in total. The fourth-order valence-electron chi connectivity index (χ4n) is 2.21. The average Bonchev–Trinajstić information content (AvgIpc) is 2.46. The number of benzene rings is 2. The van der Waals surface area contributed by atoms with Crippen molar-refractivity contribution in [2.45, 2.75) is 0 Å². The van der Waals surface area contributed by atoms with Crippen LogP contribution in [0.5, 0.6) is 0 Å². The van der Waals surface area contributed by atoms with Gasteiger partial charge in [0.15, 0.2) is 0 Å². The molecule has 0 saturated carbocycles. The molecule has 3 aromatic rings. The number of aromatic nitrogens is 1. The zero-order valence-electron chi connectivity index (χ0n) is 11.0. The van der Waals surface area contributed by atoms with Crippen molar-refractivity contribution in [1.82, 2.24) is 4.98 Å². The van der Waals surface area contributed by atoms with Crippen LogP contribution >= 0.6 is 15.9 Å². The fourth-order valence-corrected chi connectivity index (χ4v) is 2.57. The third-order valence-electron chi connectivity index (χ3n) is 3.21. The highest BCUT2D eigenvalue weighted by atomic mass is 79.9. The number of carboxylic acid groups (broad SMARTS) is 1. The highest BCUT2D eigenvalue weighted by Crippen LogP contribution is 2.28. The number of hydrogen-bond donors (Lipinski definition) is 1. The zero-order valence-corrected chi connectivity index (χ0v) is 12.6. The number of aromatic carboxylic acids is 1. The van der Waals surface area contributed by atoms with Crippen LogP contribution in [0.25, 0.3) is 22.2 Å². The number of hydrogen-bond acceptors (Lipinski definition) is 2. The summed E-state index contributed by atoms with van der Waals surface area (Å²) >= 11 is 3.28. The second-order valence-corrected chi connectivity index (χ2v) is 5.56. The van der Waals surface area contributed by atoms with Gasteiger partial charge in [0.2, 0.25) is 0 Å². The van der Waals surface area contributed by atoms with E-state index in [1.54, 1.807) is 18.2 Å². The second kappa shape index (κ2) is 5.46. The number of fused-ring (bicyclic) bond motifs is 1. The lowest BCUT2D eigenvalue weighted by molar-refractivity contribution is 0.0699. The van der Waals surface area contributed by atoms with Crippen molar-refractivity contribution in [2.24, 2.45) is 0 Å². The first-order valence-corrected chi connectivity index (χ1v) is 7.04. The maximum absolute atomic E-state index is 13.9. The van der Waals surface area contributed by atoms with Gasteiger partial charge in [-0.25, -0.2) is 18.6 Å². The predicted molar refractivity (Wildman–Crippen MR) is 81.8 cm³/mol. The first-order valence-electron chi connectivity index (χ1n) is 6.25. The Morgan fingerprint density at radius 3 is 2.55 bits per heavy atom. The van der Waals surface area contributed by atoms with Gasteiger partial charge in [0.1, 0.15) is 11.6 Å². The molecule has 1 heterocycles. The summed E-state index contributed by atoms with van der Waals surface area (Å²) in [5, 5.41) is 9.80. The average molecular weight is 364 g/mol. The van der Waals surface area contributed by atoms with Gasteiger partial charge >= 0.3 is 5.97 Å². The highest BCUT2D eigenvalue weighted by Gasteiger charge is 2.15. The van der Waals surface area contributed by atoms with Crippen LogP contribution in [-0.4, -0.2) is 16.1 Å². The van der Waals surface area contributed by atoms with Crippen LogP contribution in [0.3, 0.4) is 0 Å². The number of halogens is 3. The molecule has 0 radical (unpaired) electrons. The van der Waals surface area contributed by atoms with Gasteiger partial charge in [-0.15, -0.1) is 0 Å². The van der Waals surface area contributed by atoms with Gasteiger partial charge in [-0.05, 0) is 36.4 Å². The zero-order chi connectivity index (χ0) is 15.9. The molecule has 0 saturated heterocycles. The first-order chi connectivity index (χ1) is 10.5. The summed E-state index contributed by atoms with van der Waals surface area (Å²) in [5.41, 5.74) is 0.616.